The van der Waals surface area contributed by atoms with Gasteiger partial charge in [-0.15, -0.1) is 0 Å². The molecule has 0 saturated heterocycles. The summed E-state index contributed by atoms with van der Waals surface area (Å²) in [6.45, 7) is 0. The molecule has 0 radical (unpaired) electrons. The zero-order chi connectivity index (χ0) is 22.2. The van der Waals surface area contributed by atoms with E-state index in [9.17, 15) is 0 Å². The molecule has 1 aliphatic rings. The molecule has 5 aromatic carbocycles. The second-order valence-electron chi connectivity index (χ2n) is 8.74. The molecule has 0 aliphatic heterocycles. The molecule has 0 amide bonds. The molecule has 6 rings (SSSR count). The van der Waals surface area contributed by atoms with Gasteiger partial charge in [-0.1, -0.05) is 115 Å². The van der Waals surface area contributed by atoms with Crippen LogP contribution in [0.2, 0.25) is 0 Å². The first-order chi connectivity index (χ1) is 16.3. The van der Waals surface area contributed by atoms with Crippen LogP contribution in [0.1, 0.15) is 22.6 Å². The molecule has 5 aromatic rings. The number of anilines is 1. The van der Waals surface area contributed by atoms with E-state index < -0.39 is 0 Å². The summed E-state index contributed by atoms with van der Waals surface area (Å²) in [4.78, 5) is 0. The highest BCUT2D eigenvalue weighted by molar-refractivity contribution is 5.99. The van der Waals surface area contributed by atoms with Crippen molar-refractivity contribution >= 4 is 5.69 Å². The molecule has 1 heteroatoms. The standard InChI is InChI=1S/C32H25N/c33-32-27(23-14-6-2-7-15-23)21-29-26-19-11-10-18-25(26)28(20-22-12-4-1-5-13-22)31(29)30(32)24-16-8-3-9-17-24/h1-19,21,28H,20,33H2. The maximum atomic E-state index is 7.01. The van der Waals surface area contributed by atoms with Crippen LogP contribution in [-0.2, 0) is 6.42 Å². The Morgan fingerprint density at radius 2 is 1.12 bits per heavy atom. The number of hydrogen-bond acceptors (Lipinski definition) is 1. The van der Waals surface area contributed by atoms with E-state index in [0.717, 1.165) is 23.2 Å². The van der Waals surface area contributed by atoms with Crippen molar-refractivity contribution in [2.24, 2.45) is 0 Å². The summed E-state index contributed by atoms with van der Waals surface area (Å²) < 4.78 is 0. The van der Waals surface area contributed by atoms with Crippen LogP contribution in [0.4, 0.5) is 5.69 Å². The van der Waals surface area contributed by atoms with Gasteiger partial charge in [0.15, 0.2) is 0 Å². The fourth-order valence-corrected chi connectivity index (χ4v) is 5.33. The van der Waals surface area contributed by atoms with E-state index >= 15 is 0 Å². The number of nitrogen functional groups attached to an aromatic ring is 1. The summed E-state index contributed by atoms with van der Waals surface area (Å²) in [7, 11) is 0. The highest BCUT2D eigenvalue weighted by atomic mass is 14.6. The lowest BCUT2D eigenvalue weighted by molar-refractivity contribution is 0.829. The largest absolute Gasteiger partial charge is 0.398 e. The third kappa shape index (κ3) is 3.34. The third-order valence-electron chi connectivity index (χ3n) is 6.81. The van der Waals surface area contributed by atoms with E-state index in [2.05, 4.69) is 121 Å². The van der Waals surface area contributed by atoms with E-state index in [1.807, 2.05) is 0 Å². The van der Waals surface area contributed by atoms with Crippen LogP contribution in [-0.4, -0.2) is 0 Å². The molecule has 1 unspecified atom stereocenters. The number of benzene rings is 5. The van der Waals surface area contributed by atoms with E-state index in [1.165, 1.54) is 38.9 Å². The Bertz CT molecular complexity index is 1420. The van der Waals surface area contributed by atoms with Crippen LogP contribution in [0.5, 0.6) is 0 Å². The topological polar surface area (TPSA) is 26.0 Å². The van der Waals surface area contributed by atoms with Crippen molar-refractivity contribution in [1.82, 2.24) is 0 Å². The van der Waals surface area contributed by atoms with Crippen LogP contribution < -0.4 is 5.73 Å². The Morgan fingerprint density at radius 3 is 1.82 bits per heavy atom. The van der Waals surface area contributed by atoms with Crippen molar-refractivity contribution in [3.8, 4) is 33.4 Å². The molecule has 2 N–H and O–H groups in total. The van der Waals surface area contributed by atoms with Gasteiger partial charge < -0.3 is 5.73 Å². The minimum atomic E-state index is 0.265. The summed E-state index contributed by atoms with van der Waals surface area (Å²) in [5.74, 6) is 0.265. The van der Waals surface area contributed by atoms with Gasteiger partial charge in [0, 0.05) is 22.7 Å². The first-order valence-electron chi connectivity index (χ1n) is 11.5. The normalized spacial score (nSPS) is 14.0. The van der Waals surface area contributed by atoms with Gasteiger partial charge in [0.1, 0.15) is 0 Å². The number of hydrogen-bond donors (Lipinski definition) is 1. The first kappa shape index (κ1) is 19.6. The Morgan fingerprint density at radius 1 is 0.545 bits per heavy atom. The van der Waals surface area contributed by atoms with Gasteiger partial charge >= 0.3 is 0 Å². The quantitative estimate of drug-likeness (QED) is 0.292. The van der Waals surface area contributed by atoms with Crippen molar-refractivity contribution in [2.75, 3.05) is 5.73 Å². The molecule has 0 bridgehead atoms. The molecule has 1 aliphatic carbocycles. The van der Waals surface area contributed by atoms with Crippen molar-refractivity contribution in [3.63, 3.8) is 0 Å². The van der Waals surface area contributed by atoms with Gasteiger partial charge in [-0.25, -0.2) is 0 Å². The minimum Gasteiger partial charge on any atom is -0.398 e. The lowest BCUT2D eigenvalue weighted by Gasteiger charge is -2.22. The van der Waals surface area contributed by atoms with Crippen molar-refractivity contribution in [1.29, 1.82) is 0 Å². The van der Waals surface area contributed by atoms with E-state index in [0.29, 0.717) is 0 Å². The SMILES string of the molecule is Nc1c(-c2ccccc2)cc2c(c1-c1ccccc1)C(Cc1ccccc1)c1ccccc1-2. The van der Waals surface area contributed by atoms with Gasteiger partial charge in [-0.3, -0.25) is 0 Å². The summed E-state index contributed by atoms with van der Waals surface area (Å²) in [6, 6.07) is 43.1. The molecular formula is C32H25N. The molecule has 0 fully saturated rings. The van der Waals surface area contributed by atoms with Crippen LogP contribution in [0.25, 0.3) is 33.4 Å². The Kier molecular flexibility index (Phi) is 4.81. The Labute approximate surface area is 195 Å². The predicted octanol–water partition coefficient (Wildman–Crippen LogP) is 7.96. The van der Waals surface area contributed by atoms with Crippen LogP contribution in [0.15, 0.2) is 121 Å². The summed E-state index contributed by atoms with van der Waals surface area (Å²) in [5.41, 5.74) is 19.2. The van der Waals surface area contributed by atoms with E-state index in [1.54, 1.807) is 0 Å². The highest BCUT2D eigenvalue weighted by Gasteiger charge is 2.33. The zero-order valence-electron chi connectivity index (χ0n) is 18.4. The Balaban J connectivity index is 1.66. The monoisotopic (exact) mass is 423 g/mol. The summed E-state index contributed by atoms with van der Waals surface area (Å²) in [5, 5.41) is 0. The zero-order valence-corrected chi connectivity index (χ0v) is 18.4. The molecule has 0 saturated carbocycles. The molecule has 0 heterocycles. The van der Waals surface area contributed by atoms with Gasteiger partial charge in [0.2, 0.25) is 0 Å². The lowest BCUT2D eigenvalue weighted by atomic mass is 9.83. The molecule has 33 heavy (non-hydrogen) atoms. The average molecular weight is 424 g/mol. The van der Waals surface area contributed by atoms with Gasteiger partial charge in [-0.05, 0) is 51.4 Å². The minimum absolute atomic E-state index is 0.265. The van der Waals surface area contributed by atoms with Crippen LogP contribution >= 0.6 is 0 Å². The van der Waals surface area contributed by atoms with Crippen molar-refractivity contribution in [2.45, 2.75) is 12.3 Å². The maximum Gasteiger partial charge on any atom is 0.0476 e. The fraction of sp³-hybridized carbons (Fsp3) is 0.0625. The van der Waals surface area contributed by atoms with E-state index in [4.69, 9.17) is 5.73 Å². The summed E-state index contributed by atoms with van der Waals surface area (Å²) >= 11 is 0. The predicted molar refractivity (Wildman–Crippen MR) is 139 cm³/mol. The molecular weight excluding hydrogens is 398 g/mol. The second kappa shape index (κ2) is 8.11. The molecule has 0 spiro atoms. The highest BCUT2D eigenvalue weighted by Crippen LogP contribution is 2.54. The molecule has 1 atom stereocenters. The third-order valence-corrected chi connectivity index (χ3v) is 6.81. The molecule has 158 valence electrons. The average Bonchev–Trinajstić information content (AvgIpc) is 3.18. The number of rotatable bonds is 4. The lowest BCUT2D eigenvalue weighted by Crippen LogP contribution is -2.06. The summed E-state index contributed by atoms with van der Waals surface area (Å²) in [6.07, 6.45) is 0.953. The van der Waals surface area contributed by atoms with Crippen molar-refractivity contribution in [3.05, 3.63) is 138 Å². The molecule has 0 aromatic heterocycles. The number of nitrogens with two attached hydrogens (primary N) is 1. The van der Waals surface area contributed by atoms with Gasteiger partial charge in [-0.2, -0.15) is 0 Å². The smallest absolute Gasteiger partial charge is 0.0476 e. The van der Waals surface area contributed by atoms with E-state index in [-0.39, 0.29) is 5.92 Å². The van der Waals surface area contributed by atoms with Gasteiger partial charge in [0.05, 0.1) is 0 Å². The fourth-order valence-electron chi connectivity index (χ4n) is 5.33. The second-order valence-corrected chi connectivity index (χ2v) is 8.74. The Hall–Kier alpha value is -4.10. The number of fused-ring (bicyclic) bond motifs is 3. The van der Waals surface area contributed by atoms with Crippen LogP contribution in [0.3, 0.4) is 0 Å². The molecule has 1 nitrogen and oxygen atoms in total. The maximum absolute atomic E-state index is 7.01. The van der Waals surface area contributed by atoms with Gasteiger partial charge in [0.25, 0.3) is 0 Å². The van der Waals surface area contributed by atoms with Crippen molar-refractivity contribution < 1.29 is 0 Å². The first-order valence-corrected chi connectivity index (χ1v) is 11.5. The van der Waals surface area contributed by atoms with Crippen LogP contribution in [0, 0.1) is 0 Å².